The van der Waals surface area contributed by atoms with Crippen molar-refractivity contribution in [1.29, 1.82) is 0 Å². The third-order valence-corrected chi connectivity index (χ3v) is 6.06. The van der Waals surface area contributed by atoms with Crippen molar-refractivity contribution in [2.75, 3.05) is 6.54 Å². The van der Waals surface area contributed by atoms with Crippen molar-refractivity contribution in [3.63, 3.8) is 0 Å². The largest absolute Gasteiger partial charge is 0.293 e. The van der Waals surface area contributed by atoms with Gasteiger partial charge in [-0.1, -0.05) is 36.4 Å². The third-order valence-electron chi connectivity index (χ3n) is 6.06. The first-order valence-corrected chi connectivity index (χ1v) is 10.1. The third kappa shape index (κ3) is 3.35. The summed E-state index contributed by atoms with van der Waals surface area (Å²) >= 11 is 0. The molecular formula is C24H29NO. The maximum Gasteiger partial charge on any atom is 0.177 e. The highest BCUT2D eigenvalue weighted by molar-refractivity contribution is 6.01. The van der Waals surface area contributed by atoms with Gasteiger partial charge in [-0.2, -0.15) is 0 Å². The standard InChI is InChI=1S/C24H29NO/c1-17(2)25(15-18-8-4-3-5-9-18)16-23(26)24-21-12-6-10-19(21)14-20-11-7-13-22(20)24/h3-5,8-9,14,17H,6-7,10-13,15-16H2,1-2H3. The number of hydrogen-bond donors (Lipinski definition) is 0. The molecule has 2 aromatic rings. The molecule has 136 valence electrons. The number of nitrogens with zero attached hydrogens (tertiary/aromatic N) is 1. The lowest BCUT2D eigenvalue weighted by Crippen LogP contribution is -2.35. The molecule has 0 heterocycles. The number of carbonyl (C=O) groups excluding carboxylic acids is 1. The van der Waals surface area contributed by atoms with Crippen molar-refractivity contribution in [3.8, 4) is 0 Å². The number of aryl methyl sites for hydroxylation is 2. The predicted octanol–water partition coefficient (Wildman–Crippen LogP) is 4.76. The fraction of sp³-hybridized carbons (Fsp3) is 0.458. The van der Waals surface area contributed by atoms with Crippen molar-refractivity contribution in [2.45, 2.75) is 65.0 Å². The second-order valence-corrected chi connectivity index (χ2v) is 8.14. The van der Waals surface area contributed by atoms with E-state index in [0.717, 1.165) is 37.8 Å². The first-order valence-electron chi connectivity index (χ1n) is 10.1. The van der Waals surface area contributed by atoms with Crippen LogP contribution in [0.5, 0.6) is 0 Å². The summed E-state index contributed by atoms with van der Waals surface area (Å²) in [5, 5.41) is 0. The Morgan fingerprint density at radius 2 is 1.58 bits per heavy atom. The van der Waals surface area contributed by atoms with Crippen molar-refractivity contribution >= 4 is 5.78 Å². The molecule has 2 aliphatic carbocycles. The maximum absolute atomic E-state index is 13.4. The predicted molar refractivity (Wildman–Crippen MR) is 107 cm³/mol. The summed E-state index contributed by atoms with van der Waals surface area (Å²) in [5.41, 5.74) is 8.03. The minimum absolute atomic E-state index is 0.339. The first kappa shape index (κ1) is 17.5. The van der Waals surface area contributed by atoms with E-state index in [9.17, 15) is 4.79 Å². The molecule has 0 spiro atoms. The average Bonchev–Trinajstić information content (AvgIpc) is 3.28. The monoisotopic (exact) mass is 347 g/mol. The molecule has 0 bridgehead atoms. The first-order chi connectivity index (χ1) is 12.6. The van der Waals surface area contributed by atoms with E-state index < -0.39 is 0 Å². The van der Waals surface area contributed by atoms with E-state index in [4.69, 9.17) is 0 Å². The van der Waals surface area contributed by atoms with Crippen molar-refractivity contribution in [3.05, 3.63) is 69.8 Å². The molecule has 0 N–H and O–H groups in total. The van der Waals surface area contributed by atoms with Crippen LogP contribution < -0.4 is 0 Å². The van der Waals surface area contributed by atoms with Crippen molar-refractivity contribution in [1.82, 2.24) is 4.90 Å². The minimum atomic E-state index is 0.339. The highest BCUT2D eigenvalue weighted by Crippen LogP contribution is 2.35. The van der Waals surface area contributed by atoms with E-state index in [2.05, 4.69) is 49.1 Å². The van der Waals surface area contributed by atoms with Crippen LogP contribution in [0.2, 0.25) is 0 Å². The van der Waals surface area contributed by atoms with E-state index in [1.54, 1.807) is 0 Å². The number of hydrogen-bond acceptors (Lipinski definition) is 2. The number of carbonyl (C=O) groups is 1. The Kier molecular flexibility index (Phi) is 4.95. The highest BCUT2D eigenvalue weighted by atomic mass is 16.1. The zero-order chi connectivity index (χ0) is 18.1. The molecule has 2 heteroatoms. The van der Waals surface area contributed by atoms with Crippen LogP contribution in [0.3, 0.4) is 0 Å². The fourth-order valence-electron chi connectivity index (χ4n) is 4.66. The molecule has 0 saturated carbocycles. The Balaban J connectivity index is 1.61. The summed E-state index contributed by atoms with van der Waals surface area (Å²) in [6.07, 6.45) is 6.89. The molecule has 2 aliphatic rings. The molecule has 2 aromatic carbocycles. The van der Waals surface area contributed by atoms with E-state index in [-0.39, 0.29) is 0 Å². The van der Waals surface area contributed by atoms with Crippen LogP contribution in [0, 0.1) is 0 Å². The molecule has 0 radical (unpaired) electrons. The van der Waals surface area contributed by atoms with E-state index in [1.807, 2.05) is 6.07 Å². The summed E-state index contributed by atoms with van der Waals surface area (Å²) in [5.74, 6) is 0.339. The molecule has 0 aromatic heterocycles. The zero-order valence-electron chi connectivity index (χ0n) is 16.1. The molecule has 4 rings (SSSR count). The van der Waals surface area contributed by atoms with E-state index in [1.165, 1.54) is 40.7 Å². The van der Waals surface area contributed by atoms with E-state index >= 15 is 0 Å². The maximum atomic E-state index is 13.4. The van der Waals surface area contributed by atoms with Gasteiger partial charge < -0.3 is 0 Å². The molecule has 0 aliphatic heterocycles. The van der Waals surface area contributed by atoms with Crippen molar-refractivity contribution < 1.29 is 4.79 Å². The van der Waals surface area contributed by atoms with Gasteiger partial charge in [0.1, 0.15) is 0 Å². The van der Waals surface area contributed by atoms with Gasteiger partial charge in [-0.25, -0.2) is 0 Å². The van der Waals surface area contributed by atoms with Crippen LogP contribution >= 0.6 is 0 Å². The quantitative estimate of drug-likeness (QED) is 0.702. The topological polar surface area (TPSA) is 20.3 Å². The molecule has 0 fully saturated rings. The molecule has 26 heavy (non-hydrogen) atoms. The lowest BCUT2D eigenvalue weighted by Gasteiger charge is -2.27. The SMILES string of the molecule is CC(C)N(CC(=O)c1c2c(cc3c1CCC3)CCC2)Cc1ccccc1. The summed E-state index contributed by atoms with van der Waals surface area (Å²) in [6.45, 7) is 5.74. The van der Waals surface area contributed by atoms with Gasteiger partial charge in [0.2, 0.25) is 0 Å². The molecule has 0 atom stereocenters. The second kappa shape index (κ2) is 7.36. The zero-order valence-corrected chi connectivity index (χ0v) is 16.1. The van der Waals surface area contributed by atoms with Gasteiger partial charge in [0.25, 0.3) is 0 Å². The van der Waals surface area contributed by atoms with Gasteiger partial charge in [0.15, 0.2) is 5.78 Å². The Labute approximate surface area is 157 Å². The number of Topliss-reactive ketones (excluding diaryl/α,β-unsaturated/α-hetero) is 1. The van der Waals surface area contributed by atoms with Crippen LogP contribution in [-0.2, 0) is 32.2 Å². The Morgan fingerprint density at radius 3 is 2.15 bits per heavy atom. The normalized spacial score (nSPS) is 15.5. The minimum Gasteiger partial charge on any atom is -0.293 e. The molecule has 0 unspecified atom stereocenters. The lowest BCUT2D eigenvalue weighted by atomic mass is 9.91. The summed E-state index contributed by atoms with van der Waals surface area (Å²) in [7, 11) is 0. The van der Waals surface area contributed by atoms with Crippen LogP contribution in [0.1, 0.15) is 64.9 Å². The number of rotatable bonds is 6. The van der Waals surface area contributed by atoms with E-state index in [0.29, 0.717) is 18.4 Å². The fourth-order valence-corrected chi connectivity index (χ4v) is 4.66. The number of benzene rings is 2. The van der Waals surface area contributed by atoms with Crippen LogP contribution in [0.15, 0.2) is 36.4 Å². The Morgan fingerprint density at radius 1 is 0.962 bits per heavy atom. The summed E-state index contributed by atoms with van der Waals surface area (Å²) < 4.78 is 0. The highest BCUT2D eigenvalue weighted by Gasteiger charge is 2.28. The number of fused-ring (bicyclic) bond motifs is 2. The van der Waals surface area contributed by atoms with Crippen LogP contribution in [0.4, 0.5) is 0 Å². The van der Waals surface area contributed by atoms with Gasteiger partial charge >= 0.3 is 0 Å². The average molecular weight is 348 g/mol. The van der Waals surface area contributed by atoms with Gasteiger partial charge in [-0.3, -0.25) is 9.69 Å². The molecular weight excluding hydrogens is 318 g/mol. The Bertz CT molecular complexity index is 774. The van der Waals surface area contributed by atoms with Gasteiger partial charge in [0.05, 0.1) is 6.54 Å². The molecule has 0 saturated heterocycles. The summed E-state index contributed by atoms with van der Waals surface area (Å²) in [4.78, 5) is 15.7. The summed E-state index contributed by atoms with van der Waals surface area (Å²) in [6, 6.07) is 13.3. The Hall–Kier alpha value is -1.93. The van der Waals surface area contributed by atoms with Crippen LogP contribution in [0.25, 0.3) is 0 Å². The molecule has 2 nitrogen and oxygen atoms in total. The lowest BCUT2D eigenvalue weighted by molar-refractivity contribution is 0.0896. The van der Waals surface area contributed by atoms with Gasteiger partial charge in [0, 0.05) is 18.2 Å². The van der Waals surface area contributed by atoms with Crippen LogP contribution in [-0.4, -0.2) is 23.3 Å². The van der Waals surface area contributed by atoms with Crippen molar-refractivity contribution in [2.24, 2.45) is 0 Å². The smallest absolute Gasteiger partial charge is 0.177 e. The van der Waals surface area contributed by atoms with Gasteiger partial charge in [-0.05, 0) is 80.2 Å². The number of ketones is 1. The molecule has 0 amide bonds. The van der Waals surface area contributed by atoms with Gasteiger partial charge in [-0.15, -0.1) is 0 Å². The second-order valence-electron chi connectivity index (χ2n) is 8.14.